The Hall–Kier alpha value is -3.63. The van der Waals surface area contributed by atoms with Crippen LogP contribution in [0.25, 0.3) is 6.08 Å². The number of thioether (sulfide) groups is 1. The van der Waals surface area contributed by atoms with Crippen LogP contribution in [0.4, 0.5) is 10.5 Å². The lowest BCUT2D eigenvalue weighted by molar-refractivity contribution is -0.385. The molecule has 1 heterocycles. The molecule has 3 aromatic carbocycles. The first-order valence-corrected chi connectivity index (χ1v) is 12.4. The van der Waals surface area contributed by atoms with Gasteiger partial charge < -0.3 is 9.47 Å². The number of nitro benzene ring substituents is 1. The summed E-state index contributed by atoms with van der Waals surface area (Å²) in [5.41, 5.74) is 2.93. The van der Waals surface area contributed by atoms with Gasteiger partial charge in [0.25, 0.3) is 16.8 Å². The van der Waals surface area contributed by atoms with Gasteiger partial charge >= 0.3 is 0 Å². The number of halogens is 1. The maximum Gasteiger partial charge on any atom is 0.293 e. The summed E-state index contributed by atoms with van der Waals surface area (Å²) in [5, 5.41) is 10.8. The van der Waals surface area contributed by atoms with E-state index in [0.29, 0.717) is 28.1 Å². The van der Waals surface area contributed by atoms with Gasteiger partial charge in [-0.05, 0) is 64.0 Å². The fraction of sp³-hybridized carbons (Fsp3) is 0.154. The lowest BCUT2D eigenvalue weighted by Gasteiger charge is -2.14. The normalized spacial score (nSPS) is 14.4. The number of rotatable bonds is 8. The fourth-order valence-electron chi connectivity index (χ4n) is 3.58. The van der Waals surface area contributed by atoms with Gasteiger partial charge in [0.1, 0.15) is 6.61 Å². The van der Waals surface area contributed by atoms with Crippen LogP contribution in [0.1, 0.15) is 22.3 Å². The summed E-state index contributed by atoms with van der Waals surface area (Å²) in [6.45, 7) is 2.18. The smallest absolute Gasteiger partial charge is 0.293 e. The molecule has 0 aromatic heterocycles. The third kappa shape index (κ3) is 5.60. The number of para-hydroxylation sites is 1. The summed E-state index contributed by atoms with van der Waals surface area (Å²) in [6.07, 6.45) is 1.58. The number of nitro groups is 1. The number of methoxy groups -OCH3 is 1. The number of carbonyl (C=O) groups excluding carboxylic acids is 2. The Kier molecular flexibility index (Phi) is 7.76. The van der Waals surface area contributed by atoms with E-state index < -0.39 is 16.1 Å². The summed E-state index contributed by atoms with van der Waals surface area (Å²) in [4.78, 5) is 37.5. The van der Waals surface area contributed by atoms with Gasteiger partial charge in [0.05, 0.1) is 28.0 Å². The van der Waals surface area contributed by atoms with Crippen LogP contribution in [0.5, 0.6) is 11.5 Å². The molecule has 0 saturated carbocycles. The Morgan fingerprint density at radius 1 is 1.11 bits per heavy atom. The number of nitrogens with zero attached hydrogens (tertiary/aromatic N) is 2. The average molecular weight is 569 g/mol. The van der Waals surface area contributed by atoms with Crippen LogP contribution in [-0.2, 0) is 17.9 Å². The summed E-state index contributed by atoms with van der Waals surface area (Å²) in [6, 6.07) is 17.5. The number of amides is 2. The Bertz CT molecular complexity index is 1370. The molecule has 2 amide bonds. The van der Waals surface area contributed by atoms with E-state index in [2.05, 4.69) is 15.9 Å². The van der Waals surface area contributed by atoms with E-state index in [-0.39, 0.29) is 22.7 Å². The zero-order valence-electron chi connectivity index (χ0n) is 19.4. The molecule has 0 atom stereocenters. The van der Waals surface area contributed by atoms with Gasteiger partial charge in [0.2, 0.25) is 0 Å². The number of carbonyl (C=O) groups is 2. The van der Waals surface area contributed by atoms with Crippen molar-refractivity contribution in [2.24, 2.45) is 0 Å². The maximum absolute atomic E-state index is 13.0. The second-order valence-corrected chi connectivity index (χ2v) is 9.81. The van der Waals surface area contributed by atoms with E-state index in [1.165, 1.54) is 25.3 Å². The minimum atomic E-state index is -0.531. The van der Waals surface area contributed by atoms with E-state index in [0.717, 1.165) is 27.8 Å². The quantitative estimate of drug-likeness (QED) is 0.174. The first kappa shape index (κ1) is 25.5. The molecule has 1 fully saturated rings. The topological polar surface area (TPSA) is 99.0 Å². The molecule has 10 heteroatoms. The summed E-state index contributed by atoms with van der Waals surface area (Å²) in [5.74, 6) is 0.458. The molecule has 0 spiro atoms. The Morgan fingerprint density at radius 2 is 1.83 bits per heavy atom. The van der Waals surface area contributed by atoms with Gasteiger partial charge in [0, 0.05) is 11.6 Å². The third-order valence-corrected chi connectivity index (χ3v) is 6.94. The van der Waals surface area contributed by atoms with Crippen molar-refractivity contribution in [3.8, 4) is 11.5 Å². The number of benzene rings is 3. The van der Waals surface area contributed by atoms with Crippen molar-refractivity contribution < 1.29 is 24.0 Å². The molecular weight excluding hydrogens is 548 g/mol. The van der Waals surface area contributed by atoms with Gasteiger partial charge in [-0.3, -0.25) is 24.6 Å². The van der Waals surface area contributed by atoms with E-state index in [1.54, 1.807) is 24.3 Å². The molecule has 1 saturated heterocycles. The van der Waals surface area contributed by atoms with E-state index >= 15 is 0 Å². The molecule has 1 aliphatic rings. The zero-order chi connectivity index (χ0) is 25.8. The predicted octanol–water partition coefficient (Wildman–Crippen LogP) is 6.49. The van der Waals surface area contributed by atoms with Crippen LogP contribution in [0.15, 0.2) is 70.0 Å². The van der Waals surface area contributed by atoms with E-state index in [4.69, 9.17) is 9.47 Å². The summed E-state index contributed by atoms with van der Waals surface area (Å²) in [7, 11) is 1.52. The number of hydrogen-bond donors (Lipinski definition) is 0. The van der Waals surface area contributed by atoms with Crippen molar-refractivity contribution in [3.63, 3.8) is 0 Å². The molecule has 36 heavy (non-hydrogen) atoms. The highest BCUT2D eigenvalue weighted by Gasteiger charge is 2.36. The lowest BCUT2D eigenvalue weighted by Crippen LogP contribution is -2.27. The van der Waals surface area contributed by atoms with Gasteiger partial charge in [-0.25, -0.2) is 0 Å². The molecule has 0 radical (unpaired) electrons. The highest BCUT2D eigenvalue weighted by molar-refractivity contribution is 9.10. The van der Waals surface area contributed by atoms with Crippen molar-refractivity contribution in [2.45, 2.75) is 20.1 Å². The molecule has 184 valence electrons. The highest BCUT2D eigenvalue weighted by atomic mass is 79.9. The minimum absolute atomic E-state index is 0.143. The molecular formula is C26H21BrN2O6S. The van der Waals surface area contributed by atoms with E-state index in [9.17, 15) is 19.7 Å². The maximum atomic E-state index is 13.0. The Labute approximate surface area is 220 Å². The van der Waals surface area contributed by atoms with Crippen LogP contribution in [-0.4, -0.2) is 28.1 Å². The second-order valence-electron chi connectivity index (χ2n) is 7.96. The van der Waals surface area contributed by atoms with Gasteiger partial charge in [0.15, 0.2) is 11.5 Å². The van der Waals surface area contributed by atoms with Crippen LogP contribution >= 0.6 is 27.7 Å². The fourth-order valence-corrected chi connectivity index (χ4v) is 5.00. The average Bonchev–Trinajstić information content (AvgIpc) is 3.11. The number of hydrogen-bond acceptors (Lipinski definition) is 7. The zero-order valence-corrected chi connectivity index (χ0v) is 21.8. The van der Waals surface area contributed by atoms with Crippen LogP contribution in [0.3, 0.4) is 0 Å². The third-order valence-electron chi connectivity index (χ3n) is 5.44. The van der Waals surface area contributed by atoms with Crippen molar-refractivity contribution in [2.75, 3.05) is 7.11 Å². The van der Waals surface area contributed by atoms with Crippen molar-refractivity contribution in [1.29, 1.82) is 0 Å². The first-order valence-electron chi connectivity index (χ1n) is 10.8. The summed E-state index contributed by atoms with van der Waals surface area (Å²) >= 11 is 4.29. The monoisotopic (exact) mass is 568 g/mol. The minimum Gasteiger partial charge on any atom is -0.493 e. The van der Waals surface area contributed by atoms with Crippen molar-refractivity contribution in [1.82, 2.24) is 4.90 Å². The number of ether oxygens (including phenoxy) is 2. The standard InChI is InChI=1S/C26H21BrN2O6S/c1-16-7-9-17(10-8-16)15-35-24-20(27)11-18(12-22(24)34-2)13-23-25(30)28(26(31)36-23)14-19-5-3-4-6-21(19)29(32)33/h3-13H,14-15H2,1-2H3/b23-13-. The second kappa shape index (κ2) is 11.0. The van der Waals surface area contributed by atoms with Gasteiger partial charge in [-0.1, -0.05) is 48.0 Å². The van der Waals surface area contributed by atoms with Crippen LogP contribution in [0, 0.1) is 17.0 Å². The number of imide groups is 1. The van der Waals surface area contributed by atoms with Crippen molar-refractivity contribution in [3.05, 3.63) is 102 Å². The van der Waals surface area contributed by atoms with Gasteiger partial charge in [-0.15, -0.1) is 0 Å². The van der Waals surface area contributed by atoms with E-state index in [1.807, 2.05) is 31.2 Å². The highest BCUT2D eigenvalue weighted by Crippen LogP contribution is 2.40. The molecule has 8 nitrogen and oxygen atoms in total. The largest absolute Gasteiger partial charge is 0.493 e. The van der Waals surface area contributed by atoms with Crippen LogP contribution < -0.4 is 9.47 Å². The molecule has 0 bridgehead atoms. The lowest BCUT2D eigenvalue weighted by atomic mass is 10.1. The molecule has 0 aliphatic carbocycles. The SMILES string of the molecule is COc1cc(/C=C2\SC(=O)N(Cc3ccccc3[N+](=O)[O-])C2=O)cc(Br)c1OCc1ccc(C)cc1. The molecule has 0 unspecified atom stereocenters. The molecule has 1 aliphatic heterocycles. The Balaban J connectivity index is 1.54. The number of aryl methyl sites for hydroxylation is 1. The van der Waals surface area contributed by atoms with Crippen LogP contribution in [0.2, 0.25) is 0 Å². The molecule has 3 aromatic rings. The Morgan fingerprint density at radius 3 is 2.53 bits per heavy atom. The summed E-state index contributed by atoms with van der Waals surface area (Å²) < 4.78 is 12.1. The van der Waals surface area contributed by atoms with Crippen molar-refractivity contribution >= 4 is 50.6 Å². The first-order chi connectivity index (χ1) is 17.3. The molecule has 0 N–H and O–H groups in total. The van der Waals surface area contributed by atoms with Gasteiger partial charge in [-0.2, -0.15) is 0 Å². The predicted molar refractivity (Wildman–Crippen MR) is 141 cm³/mol. The molecule has 4 rings (SSSR count).